The lowest BCUT2D eigenvalue weighted by atomic mass is 9.77. The molecule has 1 heterocycles. The molecule has 0 aromatic rings. The Bertz CT molecular complexity index is 445. The maximum atomic E-state index is 12.8. The SMILES string of the molecule is CC1CCC(NCC2C(=O)NC(C)CC=C2C2CCCCC2)CC1. The standard InChI is InChI=1S/C21H36N2O/c1-15-8-11-18(12-9-15)22-14-20-19(17-6-4-3-5-7-17)13-10-16(2)23-21(20)24/h13,15-18,20,22H,3-12,14H2,1-2H3,(H,23,24). The summed E-state index contributed by atoms with van der Waals surface area (Å²) in [6, 6.07) is 0.888. The van der Waals surface area contributed by atoms with Crippen LogP contribution >= 0.6 is 0 Å². The molecule has 136 valence electrons. The fourth-order valence-electron chi connectivity index (χ4n) is 4.86. The molecular formula is C21H36N2O. The second-order valence-electron chi connectivity index (χ2n) is 8.60. The number of carbonyl (C=O) groups excluding carboxylic acids is 1. The normalized spacial score (nSPS) is 35.9. The smallest absolute Gasteiger partial charge is 0.228 e. The highest BCUT2D eigenvalue weighted by atomic mass is 16.2. The van der Waals surface area contributed by atoms with Gasteiger partial charge in [0.05, 0.1) is 5.92 Å². The van der Waals surface area contributed by atoms with Crippen molar-refractivity contribution in [3.8, 4) is 0 Å². The number of hydrogen-bond donors (Lipinski definition) is 2. The van der Waals surface area contributed by atoms with Crippen LogP contribution in [0.2, 0.25) is 0 Å². The third-order valence-electron chi connectivity index (χ3n) is 6.52. The topological polar surface area (TPSA) is 41.1 Å². The summed E-state index contributed by atoms with van der Waals surface area (Å²) in [4.78, 5) is 12.8. The first-order chi connectivity index (χ1) is 11.6. The van der Waals surface area contributed by atoms with Crippen molar-refractivity contribution in [3.63, 3.8) is 0 Å². The fourth-order valence-corrected chi connectivity index (χ4v) is 4.86. The second kappa shape index (κ2) is 8.51. The van der Waals surface area contributed by atoms with Crippen molar-refractivity contribution in [1.29, 1.82) is 0 Å². The first kappa shape index (κ1) is 18.0. The molecule has 2 N–H and O–H groups in total. The van der Waals surface area contributed by atoms with E-state index in [0.29, 0.717) is 12.0 Å². The Morgan fingerprint density at radius 3 is 2.46 bits per heavy atom. The highest BCUT2D eigenvalue weighted by molar-refractivity contribution is 5.82. The van der Waals surface area contributed by atoms with Crippen LogP contribution in [0.4, 0.5) is 0 Å². The molecule has 3 rings (SSSR count). The van der Waals surface area contributed by atoms with Gasteiger partial charge in [-0.1, -0.05) is 37.8 Å². The summed E-state index contributed by atoms with van der Waals surface area (Å²) >= 11 is 0. The third-order valence-corrected chi connectivity index (χ3v) is 6.52. The summed E-state index contributed by atoms with van der Waals surface area (Å²) in [6.45, 7) is 5.32. The van der Waals surface area contributed by atoms with Crippen molar-refractivity contribution < 1.29 is 4.79 Å². The van der Waals surface area contributed by atoms with E-state index in [-0.39, 0.29) is 17.9 Å². The van der Waals surface area contributed by atoms with Crippen LogP contribution in [-0.4, -0.2) is 24.5 Å². The van der Waals surface area contributed by atoms with E-state index in [9.17, 15) is 4.79 Å². The van der Waals surface area contributed by atoms with Gasteiger partial charge in [0, 0.05) is 18.6 Å². The summed E-state index contributed by atoms with van der Waals surface area (Å²) < 4.78 is 0. The Kier molecular flexibility index (Phi) is 6.37. The van der Waals surface area contributed by atoms with E-state index < -0.39 is 0 Å². The summed E-state index contributed by atoms with van der Waals surface area (Å²) in [7, 11) is 0. The molecule has 24 heavy (non-hydrogen) atoms. The minimum absolute atomic E-state index is 0.0531. The number of rotatable bonds is 4. The van der Waals surface area contributed by atoms with Crippen LogP contribution < -0.4 is 10.6 Å². The predicted octanol–water partition coefficient (Wildman–Crippen LogP) is 4.19. The lowest BCUT2D eigenvalue weighted by molar-refractivity contribution is -0.124. The first-order valence-electron chi connectivity index (χ1n) is 10.4. The van der Waals surface area contributed by atoms with Gasteiger partial charge in [-0.25, -0.2) is 0 Å². The van der Waals surface area contributed by atoms with Crippen LogP contribution in [-0.2, 0) is 4.79 Å². The zero-order valence-corrected chi connectivity index (χ0v) is 15.7. The van der Waals surface area contributed by atoms with Gasteiger partial charge in [-0.05, 0) is 63.7 Å². The molecule has 1 aliphatic heterocycles. The monoisotopic (exact) mass is 332 g/mol. The highest BCUT2D eigenvalue weighted by Gasteiger charge is 2.32. The predicted molar refractivity (Wildman–Crippen MR) is 99.8 cm³/mol. The maximum Gasteiger partial charge on any atom is 0.228 e. The molecule has 2 saturated carbocycles. The molecule has 3 heteroatoms. The van der Waals surface area contributed by atoms with E-state index >= 15 is 0 Å². The van der Waals surface area contributed by atoms with Crippen LogP contribution in [0.25, 0.3) is 0 Å². The lowest BCUT2D eigenvalue weighted by Crippen LogP contribution is -2.44. The molecule has 0 spiro atoms. The number of amides is 1. The van der Waals surface area contributed by atoms with E-state index in [4.69, 9.17) is 0 Å². The molecular weight excluding hydrogens is 296 g/mol. The molecule has 3 aliphatic rings. The molecule has 0 aromatic carbocycles. The van der Waals surface area contributed by atoms with Crippen molar-refractivity contribution in [1.82, 2.24) is 10.6 Å². The molecule has 0 radical (unpaired) electrons. The van der Waals surface area contributed by atoms with E-state index in [2.05, 4.69) is 30.6 Å². The van der Waals surface area contributed by atoms with Gasteiger partial charge in [0.15, 0.2) is 0 Å². The van der Waals surface area contributed by atoms with Gasteiger partial charge in [-0.15, -0.1) is 0 Å². The summed E-state index contributed by atoms with van der Waals surface area (Å²) in [5.74, 6) is 1.83. The van der Waals surface area contributed by atoms with Crippen LogP contribution in [0.1, 0.15) is 78.1 Å². The minimum atomic E-state index is 0.0531. The van der Waals surface area contributed by atoms with Gasteiger partial charge in [0.25, 0.3) is 0 Å². The zero-order chi connectivity index (χ0) is 16.9. The Labute approximate surface area is 148 Å². The largest absolute Gasteiger partial charge is 0.353 e. The van der Waals surface area contributed by atoms with Crippen molar-refractivity contribution in [2.45, 2.75) is 90.1 Å². The van der Waals surface area contributed by atoms with E-state index in [0.717, 1.165) is 18.9 Å². The third kappa shape index (κ3) is 4.62. The minimum Gasteiger partial charge on any atom is -0.353 e. The lowest BCUT2D eigenvalue weighted by Gasteiger charge is -2.32. The van der Waals surface area contributed by atoms with Crippen LogP contribution in [0.15, 0.2) is 11.6 Å². The molecule has 2 fully saturated rings. The first-order valence-corrected chi connectivity index (χ1v) is 10.4. The van der Waals surface area contributed by atoms with Gasteiger partial charge in [0.2, 0.25) is 5.91 Å². The Morgan fingerprint density at radius 2 is 1.75 bits per heavy atom. The molecule has 2 unspecified atom stereocenters. The number of carbonyl (C=O) groups is 1. The Hall–Kier alpha value is -0.830. The molecule has 2 atom stereocenters. The van der Waals surface area contributed by atoms with Crippen molar-refractivity contribution in [2.24, 2.45) is 17.8 Å². The van der Waals surface area contributed by atoms with Crippen molar-refractivity contribution in [3.05, 3.63) is 11.6 Å². The van der Waals surface area contributed by atoms with Crippen LogP contribution in [0.5, 0.6) is 0 Å². The van der Waals surface area contributed by atoms with Crippen molar-refractivity contribution >= 4 is 5.91 Å². The maximum absolute atomic E-state index is 12.8. The highest BCUT2D eigenvalue weighted by Crippen LogP contribution is 2.35. The van der Waals surface area contributed by atoms with Crippen LogP contribution in [0.3, 0.4) is 0 Å². The average molecular weight is 333 g/mol. The van der Waals surface area contributed by atoms with Gasteiger partial charge in [-0.3, -0.25) is 4.79 Å². The number of hydrogen-bond acceptors (Lipinski definition) is 2. The molecule has 3 nitrogen and oxygen atoms in total. The number of nitrogens with one attached hydrogen (secondary N) is 2. The molecule has 0 saturated heterocycles. The second-order valence-corrected chi connectivity index (χ2v) is 8.60. The van der Waals surface area contributed by atoms with Crippen molar-refractivity contribution in [2.75, 3.05) is 6.54 Å². The molecule has 2 aliphatic carbocycles. The molecule has 0 aromatic heterocycles. The summed E-state index contributed by atoms with van der Waals surface area (Å²) in [5, 5.41) is 6.98. The summed E-state index contributed by atoms with van der Waals surface area (Å²) in [5.41, 5.74) is 1.45. The zero-order valence-electron chi connectivity index (χ0n) is 15.7. The van der Waals surface area contributed by atoms with Gasteiger partial charge >= 0.3 is 0 Å². The summed E-state index contributed by atoms with van der Waals surface area (Å²) in [6.07, 6.45) is 15.2. The molecule has 1 amide bonds. The quantitative estimate of drug-likeness (QED) is 0.758. The van der Waals surface area contributed by atoms with Gasteiger partial charge in [0.1, 0.15) is 0 Å². The van der Waals surface area contributed by atoms with E-state index in [1.807, 2.05) is 0 Å². The average Bonchev–Trinajstić information content (AvgIpc) is 2.73. The van der Waals surface area contributed by atoms with Gasteiger partial charge in [-0.2, -0.15) is 0 Å². The van der Waals surface area contributed by atoms with E-state index in [1.54, 1.807) is 0 Å². The fraction of sp³-hybridized carbons (Fsp3) is 0.857. The van der Waals surface area contributed by atoms with Gasteiger partial charge < -0.3 is 10.6 Å². The molecule has 0 bridgehead atoms. The van der Waals surface area contributed by atoms with Crippen LogP contribution in [0, 0.1) is 17.8 Å². The Morgan fingerprint density at radius 1 is 1.04 bits per heavy atom. The Balaban J connectivity index is 1.65. The van der Waals surface area contributed by atoms with E-state index in [1.165, 1.54) is 63.4 Å².